The Balaban J connectivity index is 1.98. The number of morpholine rings is 1. The molecule has 1 amide bonds. The van der Waals surface area contributed by atoms with Gasteiger partial charge < -0.3 is 20.1 Å². The molecule has 0 aliphatic carbocycles. The molecule has 0 aromatic carbocycles. The summed E-state index contributed by atoms with van der Waals surface area (Å²) in [4.78, 5) is 18.2. The van der Waals surface area contributed by atoms with Crippen LogP contribution in [0.2, 0.25) is 0 Å². The number of pyridine rings is 1. The van der Waals surface area contributed by atoms with Crippen LogP contribution in [0.3, 0.4) is 0 Å². The molecule has 1 aromatic heterocycles. The average molecular weight is 279 g/mol. The van der Waals surface area contributed by atoms with Gasteiger partial charge in [-0.2, -0.15) is 0 Å². The van der Waals surface area contributed by atoms with Crippen molar-refractivity contribution in [1.29, 1.82) is 0 Å². The molecule has 110 valence electrons. The second kappa shape index (κ2) is 7.21. The third kappa shape index (κ3) is 3.68. The highest BCUT2D eigenvalue weighted by molar-refractivity contribution is 5.94. The summed E-state index contributed by atoms with van der Waals surface area (Å²) < 4.78 is 5.34. The number of aromatic nitrogens is 1. The molecule has 2 N–H and O–H groups in total. The molecule has 0 spiro atoms. The van der Waals surface area contributed by atoms with Crippen LogP contribution in [0, 0.1) is 0 Å². The van der Waals surface area contributed by atoms with E-state index in [0.29, 0.717) is 25.3 Å². The van der Waals surface area contributed by atoms with Crippen LogP contribution in [0.25, 0.3) is 0 Å². The third-order valence-corrected chi connectivity index (χ3v) is 3.20. The molecule has 6 heteroatoms. The Kier molecular flexibility index (Phi) is 5.31. The van der Waals surface area contributed by atoms with Gasteiger partial charge in [-0.25, -0.2) is 4.98 Å². The maximum Gasteiger partial charge on any atom is 0.255 e. The van der Waals surface area contributed by atoms with Crippen LogP contribution in [-0.4, -0.2) is 59.8 Å². The number of anilines is 1. The van der Waals surface area contributed by atoms with E-state index in [1.54, 1.807) is 17.2 Å². The lowest BCUT2D eigenvalue weighted by atomic mass is 10.2. The molecule has 0 bridgehead atoms. The van der Waals surface area contributed by atoms with E-state index >= 15 is 0 Å². The van der Waals surface area contributed by atoms with Gasteiger partial charge in [-0.3, -0.25) is 4.79 Å². The second-order valence-corrected chi connectivity index (χ2v) is 4.79. The van der Waals surface area contributed by atoms with Gasteiger partial charge in [-0.15, -0.1) is 0 Å². The van der Waals surface area contributed by atoms with Crippen LogP contribution < -0.4 is 5.32 Å². The number of ether oxygens (including phenoxy) is 1. The van der Waals surface area contributed by atoms with Crippen molar-refractivity contribution in [3.8, 4) is 0 Å². The number of aliphatic hydroxyl groups excluding tert-OH is 1. The third-order valence-electron chi connectivity index (χ3n) is 3.20. The largest absolute Gasteiger partial charge is 0.394 e. The zero-order valence-electron chi connectivity index (χ0n) is 11.7. The minimum absolute atomic E-state index is 0.0676. The van der Waals surface area contributed by atoms with Gasteiger partial charge in [-0.1, -0.05) is 6.92 Å². The summed E-state index contributed by atoms with van der Waals surface area (Å²) in [6, 6.07) is 3.59. The molecule has 1 saturated heterocycles. The van der Waals surface area contributed by atoms with Gasteiger partial charge in [0.1, 0.15) is 5.82 Å². The SMILES string of the molecule is CCCNc1ccc(C(=O)N2CCOC(CO)C2)cn1. The lowest BCUT2D eigenvalue weighted by Crippen LogP contribution is -2.46. The van der Waals surface area contributed by atoms with Crippen LogP contribution in [-0.2, 0) is 4.74 Å². The van der Waals surface area contributed by atoms with Crippen molar-refractivity contribution in [3.05, 3.63) is 23.9 Å². The van der Waals surface area contributed by atoms with Gasteiger partial charge in [-0.05, 0) is 18.6 Å². The first-order valence-electron chi connectivity index (χ1n) is 6.96. The molecule has 2 rings (SSSR count). The highest BCUT2D eigenvalue weighted by Gasteiger charge is 2.24. The van der Waals surface area contributed by atoms with Crippen molar-refractivity contribution >= 4 is 11.7 Å². The van der Waals surface area contributed by atoms with Crippen molar-refractivity contribution in [3.63, 3.8) is 0 Å². The Hall–Kier alpha value is -1.66. The van der Waals surface area contributed by atoms with E-state index < -0.39 is 0 Å². The van der Waals surface area contributed by atoms with E-state index in [1.807, 2.05) is 6.07 Å². The van der Waals surface area contributed by atoms with Gasteiger partial charge in [0.05, 0.1) is 24.9 Å². The number of aliphatic hydroxyl groups is 1. The molecule has 6 nitrogen and oxygen atoms in total. The number of amides is 1. The lowest BCUT2D eigenvalue weighted by Gasteiger charge is -2.32. The Morgan fingerprint density at radius 2 is 2.45 bits per heavy atom. The van der Waals surface area contributed by atoms with Crippen LogP contribution in [0.4, 0.5) is 5.82 Å². The van der Waals surface area contributed by atoms with Crippen molar-refractivity contribution in [2.45, 2.75) is 19.4 Å². The van der Waals surface area contributed by atoms with E-state index in [9.17, 15) is 4.79 Å². The molecule has 20 heavy (non-hydrogen) atoms. The van der Waals surface area contributed by atoms with Crippen LogP contribution >= 0.6 is 0 Å². The zero-order valence-corrected chi connectivity index (χ0v) is 11.7. The van der Waals surface area contributed by atoms with Gasteiger partial charge in [0, 0.05) is 25.8 Å². The molecular formula is C14H21N3O3. The summed E-state index contributed by atoms with van der Waals surface area (Å²) in [5.74, 6) is 0.708. The van der Waals surface area contributed by atoms with E-state index in [2.05, 4.69) is 17.2 Å². The first-order valence-corrected chi connectivity index (χ1v) is 6.96. The van der Waals surface area contributed by atoms with E-state index in [4.69, 9.17) is 9.84 Å². The lowest BCUT2D eigenvalue weighted by molar-refractivity contribution is -0.0447. The second-order valence-electron chi connectivity index (χ2n) is 4.79. The molecule has 2 heterocycles. The number of carbonyl (C=O) groups excluding carboxylic acids is 1. The minimum Gasteiger partial charge on any atom is -0.394 e. The smallest absolute Gasteiger partial charge is 0.255 e. The van der Waals surface area contributed by atoms with Crippen molar-refractivity contribution in [2.75, 3.05) is 38.2 Å². The highest BCUT2D eigenvalue weighted by Crippen LogP contribution is 2.11. The summed E-state index contributed by atoms with van der Waals surface area (Å²) in [5.41, 5.74) is 0.561. The Morgan fingerprint density at radius 1 is 1.60 bits per heavy atom. The number of hydrogen-bond donors (Lipinski definition) is 2. The molecule has 1 aliphatic rings. The summed E-state index contributed by atoms with van der Waals surface area (Å²) >= 11 is 0. The van der Waals surface area contributed by atoms with Crippen molar-refractivity contribution in [2.24, 2.45) is 0 Å². The fourth-order valence-corrected chi connectivity index (χ4v) is 2.07. The van der Waals surface area contributed by atoms with E-state index in [-0.39, 0.29) is 18.6 Å². The van der Waals surface area contributed by atoms with Crippen LogP contribution in [0.1, 0.15) is 23.7 Å². The molecule has 1 unspecified atom stereocenters. The number of hydrogen-bond acceptors (Lipinski definition) is 5. The van der Waals surface area contributed by atoms with Crippen LogP contribution in [0.15, 0.2) is 18.3 Å². The Morgan fingerprint density at radius 3 is 3.10 bits per heavy atom. The molecule has 0 saturated carbocycles. The Bertz CT molecular complexity index is 436. The van der Waals surface area contributed by atoms with Gasteiger partial charge in [0.2, 0.25) is 0 Å². The van der Waals surface area contributed by atoms with Gasteiger partial charge in [0.25, 0.3) is 5.91 Å². The fraction of sp³-hybridized carbons (Fsp3) is 0.571. The van der Waals surface area contributed by atoms with Crippen molar-refractivity contribution < 1.29 is 14.6 Å². The predicted octanol–water partition coefficient (Wildman–Crippen LogP) is 0.737. The topological polar surface area (TPSA) is 74.7 Å². The molecule has 1 atom stereocenters. The number of rotatable bonds is 5. The molecule has 0 radical (unpaired) electrons. The number of nitrogens with one attached hydrogen (secondary N) is 1. The molecular weight excluding hydrogens is 258 g/mol. The molecule has 1 aliphatic heterocycles. The number of nitrogens with zero attached hydrogens (tertiary/aromatic N) is 2. The van der Waals surface area contributed by atoms with Gasteiger partial charge >= 0.3 is 0 Å². The highest BCUT2D eigenvalue weighted by atomic mass is 16.5. The maximum absolute atomic E-state index is 12.3. The predicted molar refractivity (Wildman–Crippen MR) is 75.7 cm³/mol. The first-order chi connectivity index (χ1) is 9.74. The number of carbonyl (C=O) groups is 1. The first kappa shape index (κ1) is 14.7. The zero-order chi connectivity index (χ0) is 14.4. The fourth-order valence-electron chi connectivity index (χ4n) is 2.07. The summed E-state index contributed by atoms with van der Waals surface area (Å²) in [7, 11) is 0. The normalized spacial score (nSPS) is 18.9. The van der Waals surface area contributed by atoms with Crippen molar-refractivity contribution in [1.82, 2.24) is 9.88 Å². The summed E-state index contributed by atoms with van der Waals surface area (Å²) in [6.07, 6.45) is 2.33. The Labute approximate surface area is 118 Å². The van der Waals surface area contributed by atoms with Crippen LogP contribution in [0.5, 0.6) is 0 Å². The quantitative estimate of drug-likeness (QED) is 0.831. The molecule has 1 aromatic rings. The van der Waals surface area contributed by atoms with Gasteiger partial charge in [0.15, 0.2) is 0 Å². The maximum atomic E-state index is 12.3. The van der Waals surface area contributed by atoms with E-state index in [0.717, 1.165) is 18.8 Å². The monoisotopic (exact) mass is 279 g/mol. The molecule has 1 fully saturated rings. The van der Waals surface area contributed by atoms with E-state index in [1.165, 1.54) is 0 Å². The average Bonchev–Trinajstić information content (AvgIpc) is 2.52. The summed E-state index contributed by atoms with van der Waals surface area (Å²) in [5, 5.41) is 12.3. The minimum atomic E-state index is -0.286. The standard InChI is InChI=1S/C14H21N3O3/c1-2-5-15-13-4-3-11(8-16-13)14(19)17-6-7-20-12(9-17)10-18/h3-4,8,12,18H,2,5-7,9-10H2,1H3,(H,15,16). The summed E-state index contributed by atoms with van der Waals surface area (Å²) in [6.45, 7) is 4.31.